The van der Waals surface area contributed by atoms with Crippen LogP contribution in [-0.4, -0.2) is 34.4 Å². The number of benzene rings is 1. The second kappa shape index (κ2) is 4.61. The first-order valence-corrected chi connectivity index (χ1v) is 5.50. The zero-order valence-electron chi connectivity index (χ0n) is 8.58. The highest BCUT2D eigenvalue weighted by Crippen LogP contribution is 2.25. The molecule has 0 unspecified atom stereocenters. The van der Waals surface area contributed by atoms with E-state index in [0.29, 0.717) is 5.46 Å². The van der Waals surface area contributed by atoms with E-state index in [1.165, 1.54) is 11.3 Å². The summed E-state index contributed by atoms with van der Waals surface area (Å²) in [7, 11) is 0.353. The van der Waals surface area contributed by atoms with Crippen LogP contribution in [0.15, 0.2) is 24.3 Å². The van der Waals surface area contributed by atoms with Crippen LogP contribution in [0, 0.1) is 0 Å². The number of aromatic nitrogens is 2. The Labute approximate surface area is 96.9 Å². The Morgan fingerprint density at radius 3 is 2.38 bits per heavy atom. The molecule has 0 saturated carbocycles. The number of hydrogen-bond donors (Lipinski definition) is 3. The van der Waals surface area contributed by atoms with Gasteiger partial charge in [0.25, 0.3) is 0 Å². The fourth-order valence-corrected chi connectivity index (χ4v) is 1.94. The Balaban J connectivity index is 2.27. The van der Waals surface area contributed by atoms with Crippen molar-refractivity contribution in [1.82, 2.24) is 10.2 Å². The molecule has 3 N–H and O–H groups in total. The number of hydrogen-bond acceptors (Lipinski definition) is 6. The van der Waals surface area contributed by atoms with E-state index < -0.39 is 7.12 Å². The van der Waals surface area contributed by atoms with Crippen molar-refractivity contribution in [2.24, 2.45) is 0 Å². The third-order valence-electron chi connectivity index (χ3n) is 2.09. The maximum absolute atomic E-state index is 8.95. The van der Waals surface area contributed by atoms with Crippen molar-refractivity contribution in [3.63, 3.8) is 0 Å². The van der Waals surface area contributed by atoms with Crippen molar-refractivity contribution < 1.29 is 10.0 Å². The second-order valence-corrected chi connectivity index (χ2v) is 4.14. The zero-order chi connectivity index (χ0) is 11.5. The quantitative estimate of drug-likeness (QED) is 0.649. The minimum atomic E-state index is -1.43. The van der Waals surface area contributed by atoms with Crippen molar-refractivity contribution in [3.8, 4) is 10.6 Å². The largest absolute Gasteiger partial charge is 0.488 e. The van der Waals surface area contributed by atoms with Crippen LogP contribution in [0.4, 0.5) is 5.13 Å². The summed E-state index contributed by atoms with van der Waals surface area (Å²) in [6, 6.07) is 6.88. The third-order valence-corrected chi connectivity index (χ3v) is 3.08. The molecule has 1 aromatic heterocycles. The highest BCUT2D eigenvalue weighted by Gasteiger charge is 2.11. The van der Waals surface area contributed by atoms with Gasteiger partial charge in [-0.2, -0.15) is 0 Å². The Hall–Kier alpha value is -1.44. The van der Waals surface area contributed by atoms with Gasteiger partial charge in [-0.3, -0.25) is 0 Å². The van der Waals surface area contributed by atoms with Gasteiger partial charge in [-0.1, -0.05) is 35.6 Å². The van der Waals surface area contributed by atoms with E-state index in [9.17, 15) is 0 Å². The molecule has 0 aliphatic heterocycles. The summed E-state index contributed by atoms with van der Waals surface area (Å²) < 4.78 is 0. The lowest BCUT2D eigenvalue weighted by atomic mass is 9.80. The molecule has 0 fully saturated rings. The summed E-state index contributed by atoms with van der Waals surface area (Å²) in [4.78, 5) is 0. The van der Waals surface area contributed by atoms with Gasteiger partial charge in [0.2, 0.25) is 5.13 Å². The van der Waals surface area contributed by atoms with Gasteiger partial charge in [-0.15, -0.1) is 10.2 Å². The standard InChI is InChI=1S/C9H10BN3O2S/c1-11-9-13-12-8(16-9)6-2-4-7(5-3-6)10(14)15/h2-5,14-15H,1H3,(H,11,13). The Morgan fingerprint density at radius 2 is 1.88 bits per heavy atom. The van der Waals surface area contributed by atoms with Crippen LogP contribution in [-0.2, 0) is 0 Å². The van der Waals surface area contributed by atoms with E-state index in [1.54, 1.807) is 31.3 Å². The van der Waals surface area contributed by atoms with Crippen LogP contribution in [0.25, 0.3) is 10.6 Å². The van der Waals surface area contributed by atoms with Gasteiger partial charge in [-0.25, -0.2) is 0 Å². The highest BCUT2D eigenvalue weighted by atomic mass is 32.1. The van der Waals surface area contributed by atoms with Crippen LogP contribution in [0.3, 0.4) is 0 Å². The maximum Gasteiger partial charge on any atom is 0.488 e. The number of nitrogens with zero attached hydrogens (tertiary/aromatic N) is 2. The van der Waals surface area contributed by atoms with Crippen LogP contribution < -0.4 is 10.8 Å². The summed E-state index contributed by atoms with van der Waals surface area (Å²) >= 11 is 1.44. The van der Waals surface area contributed by atoms with Gasteiger partial charge in [0.05, 0.1) is 0 Å². The zero-order valence-corrected chi connectivity index (χ0v) is 9.40. The van der Waals surface area contributed by atoms with Crippen LogP contribution in [0.5, 0.6) is 0 Å². The molecule has 1 heterocycles. The van der Waals surface area contributed by atoms with E-state index in [1.807, 2.05) is 0 Å². The Morgan fingerprint density at radius 1 is 1.19 bits per heavy atom. The molecule has 7 heteroatoms. The van der Waals surface area contributed by atoms with E-state index in [2.05, 4.69) is 15.5 Å². The molecule has 0 bridgehead atoms. The third kappa shape index (κ3) is 2.21. The molecular formula is C9H10BN3O2S. The molecule has 0 spiro atoms. The Kier molecular flexibility index (Phi) is 3.18. The molecule has 1 aromatic carbocycles. The van der Waals surface area contributed by atoms with Gasteiger partial charge >= 0.3 is 7.12 Å². The molecule has 0 radical (unpaired) electrons. The lowest BCUT2D eigenvalue weighted by Gasteiger charge is -1.99. The number of rotatable bonds is 3. The molecule has 5 nitrogen and oxygen atoms in total. The summed E-state index contributed by atoms with van der Waals surface area (Å²) in [6.45, 7) is 0. The SMILES string of the molecule is CNc1nnc(-c2ccc(B(O)O)cc2)s1. The fourth-order valence-electron chi connectivity index (χ4n) is 1.24. The van der Waals surface area contributed by atoms with E-state index in [0.717, 1.165) is 15.7 Å². The molecule has 0 aliphatic rings. The summed E-state index contributed by atoms with van der Waals surface area (Å²) in [6.07, 6.45) is 0. The Bertz CT molecular complexity index is 472. The van der Waals surface area contributed by atoms with Crippen LogP contribution in [0.1, 0.15) is 0 Å². The molecule has 0 atom stereocenters. The van der Waals surface area contributed by atoms with Gasteiger partial charge < -0.3 is 15.4 Å². The fraction of sp³-hybridized carbons (Fsp3) is 0.111. The number of anilines is 1. The molecular weight excluding hydrogens is 225 g/mol. The predicted octanol–water partition coefficient (Wildman–Crippen LogP) is -0.0734. The summed E-state index contributed by atoms with van der Waals surface area (Å²) in [5.41, 5.74) is 1.37. The molecule has 0 amide bonds. The normalized spacial score (nSPS) is 10.2. The first kappa shape index (κ1) is 11.1. The van der Waals surface area contributed by atoms with Gasteiger partial charge in [0, 0.05) is 12.6 Å². The van der Waals surface area contributed by atoms with Gasteiger partial charge in [-0.05, 0) is 5.46 Å². The smallest absolute Gasteiger partial charge is 0.423 e. The first-order valence-electron chi connectivity index (χ1n) is 4.68. The van der Waals surface area contributed by atoms with Crippen molar-refractivity contribution >= 4 is 29.0 Å². The maximum atomic E-state index is 8.95. The average molecular weight is 235 g/mol. The molecule has 82 valence electrons. The van der Waals surface area contributed by atoms with Crippen molar-refractivity contribution in [1.29, 1.82) is 0 Å². The minimum absolute atomic E-state index is 0.460. The van der Waals surface area contributed by atoms with E-state index in [-0.39, 0.29) is 0 Å². The molecule has 2 aromatic rings. The van der Waals surface area contributed by atoms with E-state index >= 15 is 0 Å². The lowest BCUT2D eigenvalue weighted by Crippen LogP contribution is -2.29. The predicted molar refractivity (Wildman–Crippen MR) is 64.7 cm³/mol. The molecule has 0 aliphatic carbocycles. The van der Waals surface area contributed by atoms with Gasteiger partial charge in [0.1, 0.15) is 5.01 Å². The number of nitrogens with one attached hydrogen (secondary N) is 1. The minimum Gasteiger partial charge on any atom is -0.423 e. The van der Waals surface area contributed by atoms with Crippen molar-refractivity contribution in [2.75, 3.05) is 12.4 Å². The van der Waals surface area contributed by atoms with Gasteiger partial charge in [0.15, 0.2) is 0 Å². The van der Waals surface area contributed by atoms with Crippen LogP contribution >= 0.6 is 11.3 Å². The molecule has 16 heavy (non-hydrogen) atoms. The molecule has 2 rings (SSSR count). The molecule has 0 saturated heterocycles. The highest BCUT2D eigenvalue weighted by molar-refractivity contribution is 7.18. The average Bonchev–Trinajstić information content (AvgIpc) is 2.77. The van der Waals surface area contributed by atoms with Crippen molar-refractivity contribution in [2.45, 2.75) is 0 Å². The summed E-state index contributed by atoms with van der Waals surface area (Å²) in [5, 5.41) is 30.3. The summed E-state index contributed by atoms with van der Waals surface area (Å²) in [5.74, 6) is 0. The second-order valence-electron chi connectivity index (χ2n) is 3.16. The van der Waals surface area contributed by atoms with E-state index in [4.69, 9.17) is 10.0 Å². The van der Waals surface area contributed by atoms with Crippen molar-refractivity contribution in [3.05, 3.63) is 24.3 Å². The lowest BCUT2D eigenvalue weighted by molar-refractivity contribution is 0.426. The van der Waals surface area contributed by atoms with Crippen LogP contribution in [0.2, 0.25) is 0 Å². The first-order chi connectivity index (χ1) is 7.70. The topological polar surface area (TPSA) is 78.3 Å². The monoisotopic (exact) mass is 235 g/mol.